The van der Waals surface area contributed by atoms with Crippen molar-refractivity contribution in [2.24, 2.45) is 5.92 Å². The Morgan fingerprint density at radius 1 is 0.875 bits per heavy atom. The van der Waals surface area contributed by atoms with Crippen molar-refractivity contribution >= 4 is 16.0 Å². The summed E-state index contributed by atoms with van der Waals surface area (Å²) < 4.78 is 32.4. The lowest BCUT2D eigenvalue weighted by Gasteiger charge is -2.30. The highest BCUT2D eigenvalue weighted by atomic mass is 32.2. The van der Waals surface area contributed by atoms with Gasteiger partial charge in [-0.2, -0.15) is 9.57 Å². The van der Waals surface area contributed by atoms with Crippen molar-refractivity contribution in [1.82, 2.24) is 4.31 Å². The van der Waals surface area contributed by atoms with Gasteiger partial charge in [0.1, 0.15) is 5.75 Å². The minimum Gasteiger partial charge on any atom is -0.426 e. The second kappa shape index (κ2) is 9.35. The SMILES string of the molecule is N#Cc1ccc(-c2ccc(OC(=O)C3CCN(S(=O)(=O)c4ccccc4)CC3)cc2)cc1. The Kier molecular flexibility index (Phi) is 6.35. The highest BCUT2D eigenvalue weighted by Crippen LogP contribution is 2.27. The molecule has 0 N–H and O–H groups in total. The molecule has 1 fully saturated rings. The maximum Gasteiger partial charge on any atom is 0.314 e. The monoisotopic (exact) mass is 446 g/mol. The van der Waals surface area contributed by atoms with E-state index in [0.29, 0.717) is 24.2 Å². The topological polar surface area (TPSA) is 87.5 Å². The number of hydrogen-bond donors (Lipinski definition) is 0. The van der Waals surface area contributed by atoms with Crippen LogP contribution in [-0.4, -0.2) is 31.8 Å². The van der Waals surface area contributed by atoms with Crippen molar-refractivity contribution in [2.75, 3.05) is 13.1 Å². The van der Waals surface area contributed by atoms with Gasteiger partial charge in [0.25, 0.3) is 0 Å². The molecule has 3 aromatic rings. The summed E-state index contributed by atoms with van der Waals surface area (Å²) in [5, 5.41) is 8.90. The third-order valence-corrected chi connectivity index (χ3v) is 7.50. The molecule has 0 spiro atoms. The van der Waals surface area contributed by atoms with Gasteiger partial charge < -0.3 is 4.74 Å². The van der Waals surface area contributed by atoms with Crippen LogP contribution in [0.3, 0.4) is 0 Å². The lowest BCUT2D eigenvalue weighted by atomic mass is 9.98. The van der Waals surface area contributed by atoms with Gasteiger partial charge in [0.15, 0.2) is 0 Å². The predicted octanol–water partition coefficient (Wildman–Crippen LogP) is 4.23. The first-order valence-corrected chi connectivity index (χ1v) is 11.8. The minimum absolute atomic E-state index is 0.267. The molecule has 3 aromatic carbocycles. The van der Waals surface area contributed by atoms with Crippen LogP contribution >= 0.6 is 0 Å². The number of carbonyl (C=O) groups excluding carboxylic acids is 1. The maximum atomic E-state index is 12.7. The summed E-state index contributed by atoms with van der Waals surface area (Å²) in [5.41, 5.74) is 2.52. The summed E-state index contributed by atoms with van der Waals surface area (Å²) in [4.78, 5) is 12.9. The van der Waals surface area contributed by atoms with Crippen LogP contribution < -0.4 is 4.74 Å². The zero-order valence-corrected chi connectivity index (χ0v) is 18.2. The minimum atomic E-state index is -3.54. The van der Waals surface area contributed by atoms with E-state index in [1.54, 1.807) is 54.6 Å². The lowest BCUT2D eigenvalue weighted by Crippen LogP contribution is -2.41. The molecule has 0 radical (unpaired) electrons. The van der Waals surface area contributed by atoms with E-state index < -0.39 is 10.0 Å². The predicted molar refractivity (Wildman–Crippen MR) is 120 cm³/mol. The number of hydrogen-bond acceptors (Lipinski definition) is 5. The van der Waals surface area contributed by atoms with Crippen molar-refractivity contribution in [3.63, 3.8) is 0 Å². The quantitative estimate of drug-likeness (QED) is 0.432. The molecule has 0 saturated carbocycles. The van der Waals surface area contributed by atoms with E-state index >= 15 is 0 Å². The number of esters is 1. The van der Waals surface area contributed by atoms with E-state index in [2.05, 4.69) is 6.07 Å². The maximum absolute atomic E-state index is 12.7. The van der Waals surface area contributed by atoms with Crippen LogP contribution in [0.1, 0.15) is 18.4 Å². The van der Waals surface area contributed by atoms with Crippen molar-refractivity contribution in [3.05, 3.63) is 84.4 Å². The largest absolute Gasteiger partial charge is 0.426 e. The molecule has 32 heavy (non-hydrogen) atoms. The summed E-state index contributed by atoms with van der Waals surface area (Å²) in [7, 11) is -3.54. The van der Waals surface area contributed by atoms with Gasteiger partial charge in [0.2, 0.25) is 10.0 Å². The molecule has 6 nitrogen and oxygen atoms in total. The average molecular weight is 447 g/mol. The van der Waals surface area contributed by atoms with Crippen LogP contribution in [0.15, 0.2) is 83.8 Å². The summed E-state index contributed by atoms with van der Waals surface area (Å²) >= 11 is 0. The van der Waals surface area contributed by atoms with Crippen LogP contribution in [0.2, 0.25) is 0 Å². The Morgan fingerprint density at radius 2 is 1.44 bits per heavy atom. The van der Waals surface area contributed by atoms with Crippen molar-refractivity contribution in [2.45, 2.75) is 17.7 Å². The van der Waals surface area contributed by atoms with Gasteiger partial charge in [0, 0.05) is 13.1 Å². The van der Waals surface area contributed by atoms with Crippen LogP contribution in [0.5, 0.6) is 5.75 Å². The molecule has 1 aliphatic rings. The molecule has 162 valence electrons. The molecule has 7 heteroatoms. The van der Waals surface area contributed by atoms with Gasteiger partial charge >= 0.3 is 5.97 Å². The molecule has 4 rings (SSSR count). The Morgan fingerprint density at radius 3 is 2.00 bits per heavy atom. The van der Waals surface area contributed by atoms with Gasteiger partial charge in [-0.05, 0) is 60.4 Å². The zero-order chi connectivity index (χ0) is 22.6. The Bertz CT molecular complexity index is 1220. The van der Waals surface area contributed by atoms with Crippen LogP contribution in [0.25, 0.3) is 11.1 Å². The molecule has 0 atom stereocenters. The van der Waals surface area contributed by atoms with Crippen LogP contribution in [0, 0.1) is 17.2 Å². The molecule has 0 aliphatic carbocycles. The first kappa shape index (κ1) is 21.8. The van der Waals surface area contributed by atoms with Gasteiger partial charge in [-0.25, -0.2) is 8.42 Å². The molecule has 0 aromatic heterocycles. The van der Waals surface area contributed by atoms with E-state index in [1.807, 2.05) is 24.3 Å². The average Bonchev–Trinajstić information content (AvgIpc) is 2.85. The fraction of sp³-hybridized carbons (Fsp3) is 0.200. The molecular weight excluding hydrogens is 424 g/mol. The molecule has 1 heterocycles. The molecule has 1 aliphatic heterocycles. The second-order valence-electron chi connectivity index (χ2n) is 7.63. The van der Waals surface area contributed by atoms with E-state index in [4.69, 9.17) is 10.00 Å². The van der Waals surface area contributed by atoms with Gasteiger partial charge in [-0.3, -0.25) is 4.79 Å². The summed E-state index contributed by atoms with van der Waals surface area (Å²) in [6.45, 7) is 0.573. The van der Waals surface area contributed by atoms with Crippen molar-refractivity contribution in [3.8, 4) is 22.9 Å². The number of carbonyl (C=O) groups is 1. The Labute approximate surface area is 187 Å². The molecule has 0 unspecified atom stereocenters. The van der Waals surface area contributed by atoms with Crippen molar-refractivity contribution < 1.29 is 17.9 Å². The van der Waals surface area contributed by atoms with E-state index in [-0.39, 0.29) is 29.9 Å². The zero-order valence-electron chi connectivity index (χ0n) is 17.3. The fourth-order valence-electron chi connectivity index (χ4n) is 3.73. The molecular formula is C25H22N2O4S. The van der Waals surface area contributed by atoms with Gasteiger partial charge in [0.05, 0.1) is 22.4 Å². The van der Waals surface area contributed by atoms with Crippen LogP contribution in [0.4, 0.5) is 0 Å². The Hall–Kier alpha value is -3.47. The number of nitriles is 1. The first-order valence-electron chi connectivity index (χ1n) is 10.3. The third-order valence-electron chi connectivity index (χ3n) is 5.59. The summed E-state index contributed by atoms with van der Waals surface area (Å²) in [6.07, 6.45) is 0.850. The third kappa shape index (κ3) is 4.72. The highest BCUT2D eigenvalue weighted by molar-refractivity contribution is 7.89. The summed E-state index contributed by atoms with van der Waals surface area (Å²) in [6, 6.07) is 24.9. The smallest absolute Gasteiger partial charge is 0.314 e. The number of rotatable bonds is 5. The first-order chi connectivity index (χ1) is 15.5. The molecule has 0 bridgehead atoms. The normalized spacial score (nSPS) is 15.1. The highest BCUT2D eigenvalue weighted by Gasteiger charge is 2.32. The standard InChI is InChI=1S/C25H22N2O4S/c26-18-19-6-8-20(9-7-19)21-10-12-23(13-11-21)31-25(28)22-14-16-27(17-15-22)32(29,30)24-4-2-1-3-5-24/h1-13,22H,14-17H2. The van der Waals surface area contributed by atoms with Crippen molar-refractivity contribution in [1.29, 1.82) is 5.26 Å². The van der Waals surface area contributed by atoms with Crippen LogP contribution in [-0.2, 0) is 14.8 Å². The van der Waals surface area contributed by atoms with Gasteiger partial charge in [-0.1, -0.05) is 42.5 Å². The van der Waals surface area contributed by atoms with E-state index in [9.17, 15) is 13.2 Å². The molecule has 1 saturated heterocycles. The lowest BCUT2D eigenvalue weighted by molar-refractivity contribution is -0.140. The molecule has 0 amide bonds. The van der Waals surface area contributed by atoms with Gasteiger partial charge in [-0.15, -0.1) is 0 Å². The second-order valence-corrected chi connectivity index (χ2v) is 9.56. The number of benzene rings is 3. The number of piperidine rings is 1. The number of ether oxygens (including phenoxy) is 1. The fourth-order valence-corrected chi connectivity index (χ4v) is 5.22. The number of sulfonamides is 1. The van der Waals surface area contributed by atoms with E-state index in [0.717, 1.165) is 11.1 Å². The summed E-state index contributed by atoms with van der Waals surface area (Å²) in [5.74, 6) is -0.227. The number of nitrogens with zero attached hydrogens (tertiary/aromatic N) is 2. The Balaban J connectivity index is 1.34. The van der Waals surface area contributed by atoms with E-state index in [1.165, 1.54) is 4.31 Å².